The molecule has 0 fully saturated rings. The molecule has 1 heterocycles. The molecule has 0 aliphatic carbocycles. The van der Waals surface area contributed by atoms with Gasteiger partial charge in [0.25, 0.3) is 5.24 Å². The van der Waals surface area contributed by atoms with Crippen molar-refractivity contribution in [2.45, 2.75) is 13.8 Å². The maximum Gasteiger partial charge on any atom is 0.337 e. The van der Waals surface area contributed by atoms with Crippen LogP contribution in [0.5, 0.6) is 0 Å². The van der Waals surface area contributed by atoms with Crippen LogP contribution in [-0.4, -0.2) is 39.6 Å². The first-order valence-electron chi connectivity index (χ1n) is 10.3. The predicted octanol–water partition coefficient (Wildman–Crippen LogP) is 5.92. The summed E-state index contributed by atoms with van der Waals surface area (Å²) >= 11 is 6.73. The van der Waals surface area contributed by atoms with Crippen molar-refractivity contribution < 1.29 is 28.7 Å². The average Bonchev–Trinajstić information content (AvgIpc) is 3.27. The van der Waals surface area contributed by atoms with Crippen LogP contribution in [0.25, 0.3) is 17.4 Å². The number of carboxylic acids is 1. The molecule has 2 N–H and O–H groups in total. The van der Waals surface area contributed by atoms with Gasteiger partial charge in [-0.2, -0.15) is 0 Å². The van der Waals surface area contributed by atoms with Crippen molar-refractivity contribution in [3.05, 3.63) is 81.9 Å². The molecule has 8 nitrogen and oxygen atoms in total. The number of amides is 3. The Morgan fingerprint density at radius 1 is 1.09 bits per heavy atom. The molecule has 0 saturated heterocycles. The van der Waals surface area contributed by atoms with Crippen LogP contribution in [-0.2, 0) is 9.59 Å². The van der Waals surface area contributed by atoms with Crippen LogP contribution in [0.15, 0.2) is 64.4 Å². The van der Waals surface area contributed by atoms with E-state index in [0.717, 1.165) is 22.2 Å². The quantitative estimate of drug-likeness (QED) is 0.403. The molecule has 180 valence electrons. The van der Waals surface area contributed by atoms with Crippen molar-refractivity contribution in [2.24, 2.45) is 0 Å². The number of halogens is 1. The summed E-state index contributed by atoms with van der Waals surface area (Å²) in [7, 11) is 0. The summed E-state index contributed by atoms with van der Waals surface area (Å²) in [4.78, 5) is 48.7. The molecule has 3 amide bonds. The number of imide groups is 1. The summed E-state index contributed by atoms with van der Waals surface area (Å²) < 4.78 is 5.69. The van der Waals surface area contributed by atoms with Crippen molar-refractivity contribution in [3.8, 4) is 11.3 Å². The Kier molecular flexibility index (Phi) is 8.51. The van der Waals surface area contributed by atoms with E-state index in [-0.39, 0.29) is 10.6 Å². The van der Waals surface area contributed by atoms with Gasteiger partial charge in [-0.1, -0.05) is 35.4 Å². The number of nitrogens with one attached hydrogen (secondary N) is 1. The number of carboxylic acid groups (broad SMARTS) is 1. The van der Waals surface area contributed by atoms with E-state index in [1.807, 2.05) is 19.1 Å². The minimum absolute atomic E-state index is 0.0143. The Morgan fingerprint density at radius 3 is 2.43 bits per heavy atom. The highest BCUT2D eigenvalue weighted by atomic mass is 35.5. The molecule has 0 atom stereocenters. The first-order chi connectivity index (χ1) is 16.6. The zero-order chi connectivity index (χ0) is 25.5. The molecular weight excluding hydrogens is 492 g/mol. The van der Waals surface area contributed by atoms with E-state index in [4.69, 9.17) is 21.1 Å². The summed E-state index contributed by atoms with van der Waals surface area (Å²) in [5.74, 6) is -1.30. The highest BCUT2D eigenvalue weighted by molar-refractivity contribution is 8.16. The van der Waals surface area contributed by atoms with Crippen LogP contribution in [0.4, 0.5) is 10.5 Å². The molecule has 0 saturated carbocycles. The number of carbonyl (C=O) groups is 4. The third kappa shape index (κ3) is 7.08. The van der Waals surface area contributed by atoms with Crippen molar-refractivity contribution in [2.75, 3.05) is 11.9 Å². The number of hydrogen-bond acceptors (Lipinski definition) is 6. The molecular formula is C25H21ClN2O6S. The van der Waals surface area contributed by atoms with Gasteiger partial charge in [-0.15, -0.1) is 0 Å². The molecule has 0 unspecified atom stereocenters. The van der Waals surface area contributed by atoms with Crippen molar-refractivity contribution in [1.29, 1.82) is 0 Å². The normalized spacial score (nSPS) is 10.8. The van der Waals surface area contributed by atoms with E-state index < -0.39 is 29.6 Å². The largest absolute Gasteiger partial charge is 0.478 e. The van der Waals surface area contributed by atoms with Crippen LogP contribution in [0.2, 0.25) is 5.02 Å². The molecule has 0 aliphatic heterocycles. The third-order valence-electron chi connectivity index (χ3n) is 4.75. The van der Waals surface area contributed by atoms with Gasteiger partial charge in [0.15, 0.2) is 0 Å². The lowest BCUT2D eigenvalue weighted by Crippen LogP contribution is -2.38. The number of thioether (sulfide) groups is 1. The Bertz CT molecular complexity index is 1300. The van der Waals surface area contributed by atoms with Gasteiger partial charge < -0.3 is 14.8 Å². The molecule has 2 aromatic carbocycles. The fraction of sp³-hybridized carbons (Fsp3) is 0.120. The van der Waals surface area contributed by atoms with Crippen molar-refractivity contribution in [3.63, 3.8) is 0 Å². The van der Waals surface area contributed by atoms with Gasteiger partial charge in [-0.25, -0.2) is 4.79 Å². The zero-order valence-corrected chi connectivity index (χ0v) is 20.4. The Morgan fingerprint density at radius 2 is 1.80 bits per heavy atom. The second kappa shape index (κ2) is 11.5. The molecule has 0 aliphatic rings. The fourth-order valence-corrected chi connectivity index (χ4v) is 3.85. The van der Waals surface area contributed by atoms with E-state index >= 15 is 0 Å². The Balaban J connectivity index is 1.60. The molecule has 1 aromatic heterocycles. The summed E-state index contributed by atoms with van der Waals surface area (Å²) in [5, 5.41) is 12.6. The van der Waals surface area contributed by atoms with Crippen molar-refractivity contribution >= 4 is 58.1 Å². The highest BCUT2D eigenvalue weighted by Gasteiger charge is 2.21. The average molecular weight is 513 g/mol. The number of anilines is 1. The topological polar surface area (TPSA) is 117 Å². The van der Waals surface area contributed by atoms with Crippen LogP contribution < -0.4 is 5.32 Å². The number of hydrogen-bond donors (Lipinski definition) is 2. The monoisotopic (exact) mass is 512 g/mol. The summed E-state index contributed by atoms with van der Waals surface area (Å²) in [6.07, 6.45) is 1.53. The number of rotatable bonds is 7. The maximum atomic E-state index is 12.5. The number of benzene rings is 2. The lowest BCUT2D eigenvalue weighted by Gasteiger charge is -2.17. The third-order valence-corrected chi connectivity index (χ3v) is 5.76. The number of nitrogens with zero attached hydrogens (tertiary/aromatic N) is 1. The van der Waals surface area contributed by atoms with Gasteiger partial charge in [0, 0.05) is 18.2 Å². The Labute approximate surface area is 210 Å². The van der Waals surface area contributed by atoms with Crippen LogP contribution in [0.3, 0.4) is 0 Å². The smallest absolute Gasteiger partial charge is 0.337 e. The van der Waals surface area contributed by atoms with Gasteiger partial charge in [0.2, 0.25) is 11.8 Å². The van der Waals surface area contributed by atoms with Crippen LogP contribution in [0.1, 0.15) is 28.6 Å². The van der Waals surface area contributed by atoms with E-state index in [0.29, 0.717) is 22.8 Å². The van der Waals surface area contributed by atoms with E-state index in [1.54, 1.807) is 30.3 Å². The predicted molar refractivity (Wildman–Crippen MR) is 135 cm³/mol. The highest BCUT2D eigenvalue weighted by Crippen LogP contribution is 2.28. The number of carbonyl (C=O) groups excluding carboxylic acids is 3. The SMILES string of the molecule is CC(=O)N(CC(=O)Nc1ccc(C)cc1)C(=O)S/C=C\c1ccc(-c2ccc(C(=O)O)c(Cl)c2)o1. The maximum absolute atomic E-state index is 12.5. The van der Waals surface area contributed by atoms with Gasteiger partial charge in [0.1, 0.15) is 18.1 Å². The minimum Gasteiger partial charge on any atom is -0.478 e. The number of aromatic carboxylic acids is 1. The summed E-state index contributed by atoms with van der Waals surface area (Å²) in [6, 6.07) is 14.9. The Hall–Kier alpha value is -3.82. The van der Waals surface area contributed by atoms with Crippen LogP contribution in [0, 0.1) is 6.92 Å². The molecule has 3 aromatic rings. The molecule has 0 spiro atoms. The summed E-state index contributed by atoms with van der Waals surface area (Å²) in [6.45, 7) is 2.71. The van der Waals surface area contributed by atoms with Gasteiger partial charge in [-0.3, -0.25) is 19.3 Å². The first kappa shape index (κ1) is 25.8. The van der Waals surface area contributed by atoms with E-state index in [2.05, 4.69) is 5.32 Å². The standard InChI is InChI=1S/C25H21ClN2O6S/c1-15-3-6-18(7-4-15)27-23(30)14-28(16(2)29)25(33)35-12-11-19-8-10-22(34-19)17-5-9-20(24(31)32)21(26)13-17/h3-13H,14H2,1-2H3,(H,27,30)(H,31,32)/b12-11-. The minimum atomic E-state index is -1.13. The second-order valence-corrected chi connectivity index (χ2v) is 8.67. The molecule has 0 radical (unpaired) electrons. The fourth-order valence-electron chi connectivity index (χ4n) is 2.95. The van der Waals surface area contributed by atoms with Gasteiger partial charge in [0.05, 0.1) is 10.6 Å². The van der Waals surface area contributed by atoms with Crippen LogP contribution >= 0.6 is 23.4 Å². The zero-order valence-electron chi connectivity index (χ0n) is 18.8. The number of furan rings is 1. The van der Waals surface area contributed by atoms with Crippen molar-refractivity contribution in [1.82, 2.24) is 4.90 Å². The summed E-state index contributed by atoms with van der Waals surface area (Å²) in [5.41, 5.74) is 2.18. The molecule has 35 heavy (non-hydrogen) atoms. The van der Waals surface area contributed by atoms with Gasteiger partial charge >= 0.3 is 5.97 Å². The van der Waals surface area contributed by atoms with Gasteiger partial charge in [-0.05, 0) is 66.6 Å². The lowest BCUT2D eigenvalue weighted by atomic mass is 10.1. The molecule has 3 rings (SSSR count). The molecule has 0 bridgehead atoms. The van der Waals surface area contributed by atoms with E-state index in [1.165, 1.54) is 30.5 Å². The lowest BCUT2D eigenvalue weighted by molar-refractivity contribution is -0.129. The first-order valence-corrected chi connectivity index (χ1v) is 11.5. The second-order valence-electron chi connectivity index (χ2n) is 7.41. The number of aryl methyl sites for hydroxylation is 1. The molecule has 10 heteroatoms. The van der Waals surface area contributed by atoms with E-state index in [9.17, 15) is 19.2 Å².